The molecule has 7 nitrogen and oxygen atoms in total. The number of ether oxygens (including phenoxy) is 1. The van der Waals surface area contributed by atoms with E-state index in [0.29, 0.717) is 6.61 Å². The van der Waals surface area contributed by atoms with Gasteiger partial charge in [0, 0.05) is 0 Å². The maximum atomic E-state index is 9.60. The standard InChI is InChI=1S/C3H7NO2.2CH2O2S/c1-2-6-3(4)5;2*2-1(3)4/h2H2,1H3,(H2,4,5);2*4H,(H,2,3). The van der Waals surface area contributed by atoms with Crippen molar-refractivity contribution in [1.82, 2.24) is 0 Å². The summed E-state index contributed by atoms with van der Waals surface area (Å²) in [6.45, 7) is 2.06. The summed E-state index contributed by atoms with van der Waals surface area (Å²) in [4.78, 5) is 27.3. The maximum Gasteiger partial charge on any atom is 0.404 e. The van der Waals surface area contributed by atoms with Crippen molar-refractivity contribution >= 4 is 42.0 Å². The number of hydrogen-bond acceptors (Lipinski definition) is 4. The second-order valence-electron chi connectivity index (χ2n) is 1.32. The lowest BCUT2D eigenvalue weighted by molar-refractivity contribution is 0.163. The summed E-state index contributed by atoms with van der Waals surface area (Å²) in [6, 6.07) is 0. The quantitative estimate of drug-likeness (QED) is 0.443. The smallest absolute Gasteiger partial charge is 0.404 e. The van der Waals surface area contributed by atoms with Gasteiger partial charge in [0.25, 0.3) is 0 Å². The summed E-state index contributed by atoms with van der Waals surface area (Å²) in [5, 5.41) is 12.3. The van der Waals surface area contributed by atoms with Gasteiger partial charge in [0.15, 0.2) is 0 Å². The van der Waals surface area contributed by atoms with E-state index in [2.05, 4.69) is 35.7 Å². The molecule has 0 heterocycles. The first-order valence-corrected chi connectivity index (χ1v) is 3.89. The molecule has 9 heteroatoms. The van der Waals surface area contributed by atoms with Crippen molar-refractivity contribution in [2.45, 2.75) is 6.92 Å². The summed E-state index contributed by atoms with van der Waals surface area (Å²) in [5.41, 5.74) is 4.54. The molecule has 0 aliphatic carbocycles. The molecule has 0 atom stereocenters. The van der Waals surface area contributed by atoms with E-state index in [-0.39, 0.29) is 0 Å². The van der Waals surface area contributed by atoms with Crippen LogP contribution in [-0.2, 0) is 4.74 Å². The Bertz CT molecular complexity index is 165. The summed E-state index contributed by atoms with van der Waals surface area (Å²) in [5.74, 6) is 0. The molecule has 0 bridgehead atoms. The molecular formula is C5H11NO6S2. The number of carbonyl (C=O) groups is 3. The van der Waals surface area contributed by atoms with Crippen molar-refractivity contribution in [1.29, 1.82) is 0 Å². The summed E-state index contributed by atoms with van der Waals surface area (Å²) < 4.78 is 4.18. The SMILES string of the molecule is CCOC(N)=O.O=C(O)S.O=C(O)S. The Labute approximate surface area is 91.0 Å². The van der Waals surface area contributed by atoms with Crippen LogP contribution in [-0.4, -0.2) is 33.5 Å². The van der Waals surface area contributed by atoms with Gasteiger partial charge in [-0.15, -0.1) is 0 Å². The normalized spacial score (nSPS) is 6.79. The molecule has 4 N–H and O–H groups in total. The molecule has 0 aromatic heterocycles. The first kappa shape index (κ1) is 18.6. The molecule has 0 aliphatic rings. The Morgan fingerprint density at radius 2 is 1.43 bits per heavy atom. The minimum Gasteiger partial charge on any atom is -0.473 e. The highest BCUT2D eigenvalue weighted by molar-refractivity contribution is 7.96. The van der Waals surface area contributed by atoms with Gasteiger partial charge in [-0.3, -0.25) is 0 Å². The minimum absolute atomic E-state index is 0.356. The number of rotatable bonds is 1. The van der Waals surface area contributed by atoms with Gasteiger partial charge in [0.1, 0.15) is 0 Å². The summed E-state index contributed by atoms with van der Waals surface area (Å²) in [6.07, 6.45) is -0.711. The number of carbonyl (C=O) groups excluding carboxylic acids is 1. The van der Waals surface area contributed by atoms with E-state index in [0.717, 1.165) is 0 Å². The van der Waals surface area contributed by atoms with Gasteiger partial charge in [-0.2, -0.15) is 0 Å². The van der Waals surface area contributed by atoms with E-state index in [1.807, 2.05) is 0 Å². The molecule has 0 aromatic rings. The van der Waals surface area contributed by atoms with Crippen LogP contribution >= 0.6 is 25.3 Å². The van der Waals surface area contributed by atoms with E-state index in [9.17, 15) is 4.79 Å². The third kappa shape index (κ3) is 294. The monoisotopic (exact) mass is 245 g/mol. The predicted molar refractivity (Wildman–Crippen MR) is 55.2 cm³/mol. The van der Waals surface area contributed by atoms with E-state index in [4.69, 9.17) is 19.8 Å². The predicted octanol–water partition coefficient (Wildman–Crippen LogP) is 1.29. The number of thiol groups is 2. The lowest BCUT2D eigenvalue weighted by Gasteiger charge is -1.89. The summed E-state index contributed by atoms with van der Waals surface area (Å²) in [7, 11) is 0. The topological polar surface area (TPSA) is 127 Å². The van der Waals surface area contributed by atoms with Gasteiger partial charge >= 0.3 is 16.7 Å². The fourth-order valence-corrected chi connectivity index (χ4v) is 0.142. The molecule has 0 aliphatic heterocycles. The average molecular weight is 245 g/mol. The molecule has 0 radical (unpaired) electrons. The molecule has 0 saturated heterocycles. The Balaban J connectivity index is -0.000000135. The van der Waals surface area contributed by atoms with Crippen molar-refractivity contribution in [3.8, 4) is 0 Å². The number of primary amides is 1. The highest BCUT2D eigenvalue weighted by atomic mass is 32.1. The zero-order chi connectivity index (χ0) is 12.1. The number of hydrogen-bond donors (Lipinski definition) is 5. The fraction of sp³-hybridized carbons (Fsp3) is 0.400. The van der Waals surface area contributed by atoms with Crippen LogP contribution < -0.4 is 5.73 Å². The highest BCUT2D eigenvalue weighted by Gasteiger charge is 1.82. The Kier molecular flexibility index (Phi) is 19.2. The zero-order valence-corrected chi connectivity index (χ0v) is 9.00. The van der Waals surface area contributed by atoms with Crippen molar-refractivity contribution in [2.75, 3.05) is 6.61 Å². The van der Waals surface area contributed by atoms with Crippen molar-refractivity contribution in [2.24, 2.45) is 5.73 Å². The largest absolute Gasteiger partial charge is 0.473 e. The average Bonchev–Trinajstić information content (AvgIpc) is 1.82. The zero-order valence-electron chi connectivity index (χ0n) is 7.21. The highest BCUT2D eigenvalue weighted by Crippen LogP contribution is 1.66. The molecule has 0 rings (SSSR count). The minimum atomic E-state index is -1.14. The maximum absolute atomic E-state index is 9.60. The third-order valence-electron chi connectivity index (χ3n) is 0.287. The second kappa shape index (κ2) is 14.4. The van der Waals surface area contributed by atoms with Crippen molar-refractivity contribution in [3.63, 3.8) is 0 Å². The van der Waals surface area contributed by atoms with Crippen LogP contribution in [0.1, 0.15) is 6.92 Å². The van der Waals surface area contributed by atoms with Crippen LogP contribution in [0.2, 0.25) is 0 Å². The molecule has 0 fully saturated rings. The van der Waals surface area contributed by atoms with Gasteiger partial charge in [-0.25, -0.2) is 14.4 Å². The van der Waals surface area contributed by atoms with Crippen LogP contribution in [0, 0.1) is 0 Å². The Morgan fingerprint density at radius 1 is 1.21 bits per heavy atom. The van der Waals surface area contributed by atoms with Gasteiger partial charge in [-0.05, 0) is 6.92 Å². The Hall–Kier alpha value is -1.09. The first-order chi connectivity index (χ1) is 6.23. The van der Waals surface area contributed by atoms with E-state index >= 15 is 0 Å². The molecule has 0 unspecified atom stereocenters. The molecule has 84 valence electrons. The van der Waals surface area contributed by atoms with Crippen LogP contribution in [0.5, 0.6) is 0 Å². The van der Waals surface area contributed by atoms with Crippen molar-refractivity contribution in [3.05, 3.63) is 0 Å². The van der Waals surface area contributed by atoms with Gasteiger partial charge in [-0.1, -0.05) is 25.3 Å². The molecule has 0 spiro atoms. The lowest BCUT2D eigenvalue weighted by atomic mass is 10.9. The summed E-state index contributed by atoms with van der Waals surface area (Å²) >= 11 is 5.77. The first-order valence-electron chi connectivity index (χ1n) is 3.00. The molecule has 1 amide bonds. The number of carboxylic acid groups (broad SMARTS) is 2. The van der Waals surface area contributed by atoms with Crippen LogP contribution in [0.4, 0.5) is 14.4 Å². The molecular weight excluding hydrogens is 234 g/mol. The Morgan fingerprint density at radius 3 is 1.43 bits per heavy atom. The van der Waals surface area contributed by atoms with Gasteiger partial charge in [0.2, 0.25) is 0 Å². The number of nitrogens with two attached hydrogens (primary N) is 1. The molecule has 0 saturated carbocycles. The van der Waals surface area contributed by atoms with Crippen LogP contribution in [0.25, 0.3) is 0 Å². The molecule has 14 heavy (non-hydrogen) atoms. The lowest BCUT2D eigenvalue weighted by Crippen LogP contribution is -2.11. The van der Waals surface area contributed by atoms with E-state index in [1.165, 1.54) is 0 Å². The molecule has 0 aromatic carbocycles. The van der Waals surface area contributed by atoms with E-state index in [1.54, 1.807) is 6.92 Å². The van der Waals surface area contributed by atoms with Crippen molar-refractivity contribution < 1.29 is 29.3 Å². The second-order valence-corrected chi connectivity index (χ2v) is 2.08. The fourth-order valence-electron chi connectivity index (χ4n) is 0.142. The van der Waals surface area contributed by atoms with Crippen LogP contribution in [0.15, 0.2) is 0 Å². The van der Waals surface area contributed by atoms with Gasteiger partial charge < -0.3 is 20.7 Å². The van der Waals surface area contributed by atoms with Gasteiger partial charge in [0.05, 0.1) is 6.61 Å². The van der Waals surface area contributed by atoms with E-state index < -0.39 is 16.7 Å². The number of amides is 1. The third-order valence-corrected chi connectivity index (χ3v) is 0.287. The van der Waals surface area contributed by atoms with Crippen LogP contribution in [0.3, 0.4) is 0 Å².